The van der Waals surface area contributed by atoms with Crippen molar-refractivity contribution in [3.63, 3.8) is 0 Å². The zero-order valence-electron chi connectivity index (χ0n) is 13.7. The molecule has 0 bridgehead atoms. The van der Waals surface area contributed by atoms with E-state index in [-0.39, 0.29) is 35.4 Å². The van der Waals surface area contributed by atoms with Crippen LogP contribution in [0.25, 0.3) is 0 Å². The molecule has 2 atom stereocenters. The molecule has 2 amide bonds. The van der Waals surface area contributed by atoms with Gasteiger partial charge in [0, 0.05) is 27.1 Å². The summed E-state index contributed by atoms with van der Waals surface area (Å²) in [5, 5.41) is 5.09. The largest absolute Gasteiger partial charge is 0.359 e. The van der Waals surface area contributed by atoms with Gasteiger partial charge in [0.1, 0.15) is 5.82 Å². The smallest absolute Gasteiger partial charge is 0.243 e. The van der Waals surface area contributed by atoms with Gasteiger partial charge in [0.05, 0.1) is 16.9 Å². The number of carbonyl (C=O) groups excluding carboxylic acids is 2. The van der Waals surface area contributed by atoms with Gasteiger partial charge in [0.2, 0.25) is 21.8 Å². The third-order valence-electron chi connectivity index (χ3n) is 4.03. The van der Waals surface area contributed by atoms with Crippen molar-refractivity contribution in [3.8, 4) is 0 Å². The molecule has 1 heterocycles. The van der Waals surface area contributed by atoms with E-state index in [0.29, 0.717) is 0 Å². The Morgan fingerprint density at radius 3 is 2.50 bits per heavy atom. The summed E-state index contributed by atoms with van der Waals surface area (Å²) in [5.41, 5.74) is 0.219. The van der Waals surface area contributed by atoms with Crippen LogP contribution in [0.1, 0.15) is 12.5 Å². The monoisotopic (exact) mass is 357 g/mol. The van der Waals surface area contributed by atoms with Crippen molar-refractivity contribution in [1.82, 2.24) is 14.9 Å². The molecule has 0 unspecified atom stereocenters. The quantitative estimate of drug-likeness (QED) is 0.793. The van der Waals surface area contributed by atoms with E-state index in [9.17, 15) is 22.4 Å². The first-order valence-corrected chi connectivity index (χ1v) is 8.85. The second-order valence-electron chi connectivity index (χ2n) is 5.76. The van der Waals surface area contributed by atoms with Gasteiger partial charge in [-0.15, -0.1) is 0 Å². The number of nitrogens with one attached hydrogen (secondary N) is 2. The van der Waals surface area contributed by atoms with E-state index in [2.05, 4.69) is 10.6 Å². The Kier molecular flexibility index (Phi) is 5.24. The molecule has 1 aliphatic rings. The highest BCUT2D eigenvalue weighted by molar-refractivity contribution is 7.89. The van der Waals surface area contributed by atoms with Crippen LogP contribution >= 0.6 is 0 Å². The van der Waals surface area contributed by atoms with Gasteiger partial charge >= 0.3 is 0 Å². The molecule has 9 heteroatoms. The molecule has 2 N–H and O–H groups in total. The molecule has 1 saturated heterocycles. The minimum atomic E-state index is -3.89. The van der Waals surface area contributed by atoms with Crippen molar-refractivity contribution in [2.24, 2.45) is 5.92 Å². The van der Waals surface area contributed by atoms with Crippen LogP contribution in [-0.2, 0) is 19.6 Å². The predicted octanol–water partition coefficient (Wildman–Crippen LogP) is 0.00532. The summed E-state index contributed by atoms with van der Waals surface area (Å²) in [6.45, 7) is 2.72. The van der Waals surface area contributed by atoms with Crippen molar-refractivity contribution in [1.29, 1.82) is 0 Å². The summed E-state index contributed by atoms with van der Waals surface area (Å²) in [7, 11) is -2.43. The van der Waals surface area contributed by atoms with Crippen molar-refractivity contribution in [2.45, 2.75) is 24.8 Å². The fourth-order valence-electron chi connectivity index (χ4n) is 2.75. The fraction of sp³-hybridized carbons (Fsp3) is 0.467. The molecule has 1 aliphatic heterocycles. The van der Waals surface area contributed by atoms with Crippen LogP contribution in [-0.4, -0.2) is 50.7 Å². The SMILES string of the molecule is CNC(=O)[C@H]1CN(S(=O)(=O)c2ccc(F)c(C)c2)C[C@@H]1NC(C)=O. The third-order valence-corrected chi connectivity index (χ3v) is 5.85. The Labute approximate surface area is 140 Å². The second-order valence-corrected chi connectivity index (χ2v) is 7.70. The minimum absolute atomic E-state index is 0.0174. The third kappa shape index (κ3) is 3.57. The summed E-state index contributed by atoms with van der Waals surface area (Å²) in [6, 6.07) is 2.93. The number of aryl methyl sites for hydroxylation is 1. The zero-order chi connectivity index (χ0) is 18.1. The average molecular weight is 357 g/mol. The molecule has 1 aromatic carbocycles. The van der Waals surface area contributed by atoms with Crippen LogP contribution in [0.2, 0.25) is 0 Å². The van der Waals surface area contributed by atoms with Crippen molar-refractivity contribution < 1.29 is 22.4 Å². The van der Waals surface area contributed by atoms with Gasteiger partial charge in [-0.1, -0.05) is 0 Å². The van der Waals surface area contributed by atoms with Gasteiger partial charge < -0.3 is 10.6 Å². The molecule has 0 aliphatic carbocycles. The highest BCUT2D eigenvalue weighted by Gasteiger charge is 2.43. The Morgan fingerprint density at radius 2 is 1.96 bits per heavy atom. The Balaban J connectivity index is 2.32. The standard InChI is InChI=1S/C15H20FN3O4S/c1-9-6-11(4-5-13(9)16)24(22,23)19-7-12(15(21)17-3)14(8-19)18-10(2)20/h4-6,12,14H,7-8H2,1-3H3,(H,17,21)(H,18,20)/t12-,14-/m0/s1. The maximum Gasteiger partial charge on any atom is 0.243 e. The number of halogens is 1. The van der Waals surface area contributed by atoms with E-state index in [1.54, 1.807) is 0 Å². The highest BCUT2D eigenvalue weighted by Crippen LogP contribution is 2.26. The number of rotatable bonds is 4. The first-order chi connectivity index (χ1) is 11.2. The van der Waals surface area contributed by atoms with E-state index in [0.717, 1.165) is 10.4 Å². The molecule has 0 radical (unpaired) electrons. The number of hydrogen-bond donors (Lipinski definition) is 2. The van der Waals surface area contributed by atoms with Crippen molar-refractivity contribution >= 4 is 21.8 Å². The number of sulfonamides is 1. The van der Waals surface area contributed by atoms with E-state index in [4.69, 9.17) is 0 Å². The van der Waals surface area contributed by atoms with Crippen LogP contribution in [0.3, 0.4) is 0 Å². The van der Waals surface area contributed by atoms with Crippen molar-refractivity contribution in [2.75, 3.05) is 20.1 Å². The molecule has 132 valence electrons. The molecule has 0 spiro atoms. The number of hydrogen-bond acceptors (Lipinski definition) is 4. The molecule has 1 fully saturated rings. The number of benzene rings is 1. The Hall–Kier alpha value is -2.00. The lowest BCUT2D eigenvalue weighted by molar-refractivity contribution is -0.125. The molecule has 7 nitrogen and oxygen atoms in total. The lowest BCUT2D eigenvalue weighted by Gasteiger charge is -2.17. The lowest BCUT2D eigenvalue weighted by Crippen LogP contribution is -2.44. The van der Waals surface area contributed by atoms with E-state index >= 15 is 0 Å². The first-order valence-electron chi connectivity index (χ1n) is 7.41. The van der Waals surface area contributed by atoms with Gasteiger partial charge in [0.15, 0.2) is 0 Å². The molecular formula is C15H20FN3O4S. The van der Waals surface area contributed by atoms with Crippen molar-refractivity contribution in [3.05, 3.63) is 29.6 Å². The second kappa shape index (κ2) is 6.86. The Morgan fingerprint density at radius 1 is 1.29 bits per heavy atom. The maximum absolute atomic E-state index is 13.4. The van der Waals surface area contributed by atoms with Gasteiger partial charge in [-0.2, -0.15) is 4.31 Å². The highest BCUT2D eigenvalue weighted by atomic mass is 32.2. The van der Waals surface area contributed by atoms with Gasteiger partial charge in [-0.25, -0.2) is 12.8 Å². The fourth-order valence-corrected chi connectivity index (χ4v) is 4.33. The normalized spacial score (nSPS) is 21.5. The van der Waals surface area contributed by atoms with Crippen LogP contribution < -0.4 is 10.6 Å². The number of nitrogens with zero attached hydrogens (tertiary/aromatic N) is 1. The van der Waals surface area contributed by atoms with E-state index in [1.165, 1.54) is 33.0 Å². The Bertz CT molecular complexity index is 766. The first kappa shape index (κ1) is 18.3. The molecule has 0 saturated carbocycles. The van der Waals surface area contributed by atoms with Crippen LogP contribution in [0.15, 0.2) is 23.1 Å². The lowest BCUT2D eigenvalue weighted by atomic mass is 10.0. The average Bonchev–Trinajstić information content (AvgIpc) is 2.93. The van der Waals surface area contributed by atoms with Gasteiger partial charge in [-0.05, 0) is 30.7 Å². The molecule has 2 rings (SSSR count). The van der Waals surface area contributed by atoms with Gasteiger partial charge in [0.25, 0.3) is 0 Å². The zero-order valence-corrected chi connectivity index (χ0v) is 14.5. The minimum Gasteiger partial charge on any atom is -0.359 e. The maximum atomic E-state index is 13.4. The summed E-state index contributed by atoms with van der Waals surface area (Å²) in [5.74, 6) is -1.86. The summed E-state index contributed by atoms with van der Waals surface area (Å²) in [4.78, 5) is 23.3. The molecule has 1 aromatic rings. The van der Waals surface area contributed by atoms with Crippen LogP contribution in [0.4, 0.5) is 4.39 Å². The number of carbonyl (C=O) groups is 2. The summed E-state index contributed by atoms with van der Waals surface area (Å²) in [6.07, 6.45) is 0. The summed E-state index contributed by atoms with van der Waals surface area (Å²) >= 11 is 0. The molecular weight excluding hydrogens is 337 g/mol. The molecule has 24 heavy (non-hydrogen) atoms. The van der Waals surface area contributed by atoms with E-state index < -0.39 is 27.8 Å². The summed E-state index contributed by atoms with van der Waals surface area (Å²) < 4.78 is 40.0. The van der Waals surface area contributed by atoms with Gasteiger partial charge in [-0.3, -0.25) is 9.59 Å². The van der Waals surface area contributed by atoms with E-state index in [1.807, 2.05) is 0 Å². The van der Waals surface area contributed by atoms with Crippen LogP contribution in [0, 0.1) is 18.7 Å². The van der Waals surface area contributed by atoms with Crippen LogP contribution in [0.5, 0.6) is 0 Å². The molecule has 0 aromatic heterocycles. The topological polar surface area (TPSA) is 95.6 Å². The number of amides is 2. The predicted molar refractivity (Wildman–Crippen MR) is 85.1 cm³/mol.